The molecule has 4 rings (SSSR count). The number of hydrogen-bond donors (Lipinski definition) is 1. The van der Waals surface area contributed by atoms with E-state index in [4.69, 9.17) is 4.98 Å². The molecule has 1 aliphatic rings. The molecule has 0 aliphatic carbocycles. The van der Waals surface area contributed by atoms with Crippen molar-refractivity contribution in [1.29, 1.82) is 0 Å². The highest BCUT2D eigenvalue weighted by Gasteiger charge is 2.27. The Morgan fingerprint density at radius 1 is 1.04 bits per heavy atom. The van der Waals surface area contributed by atoms with Crippen molar-refractivity contribution in [3.8, 4) is 11.3 Å². The molecule has 1 N–H and O–H groups in total. The first-order valence-corrected chi connectivity index (χ1v) is 9.33. The molecular formula is C22H26N4. The summed E-state index contributed by atoms with van der Waals surface area (Å²) in [4.78, 5) is 11.7. The van der Waals surface area contributed by atoms with Crippen molar-refractivity contribution in [1.82, 2.24) is 15.3 Å². The summed E-state index contributed by atoms with van der Waals surface area (Å²) in [6.45, 7) is 8.60. The maximum absolute atomic E-state index is 4.85. The van der Waals surface area contributed by atoms with Gasteiger partial charge in [-0.3, -0.25) is 0 Å². The maximum atomic E-state index is 4.85. The summed E-state index contributed by atoms with van der Waals surface area (Å²) in [5, 5.41) is 6.17. The van der Waals surface area contributed by atoms with Crippen LogP contribution in [0, 0.1) is 0 Å². The summed E-state index contributed by atoms with van der Waals surface area (Å²) in [7, 11) is 0. The van der Waals surface area contributed by atoms with Crippen LogP contribution in [0.5, 0.6) is 0 Å². The maximum Gasteiger partial charge on any atom is 0.225 e. The first kappa shape index (κ1) is 17.0. The molecule has 0 radical (unpaired) electrons. The number of hydrogen-bond acceptors (Lipinski definition) is 4. The van der Waals surface area contributed by atoms with Crippen LogP contribution in [0.1, 0.15) is 27.2 Å². The predicted octanol–water partition coefficient (Wildman–Crippen LogP) is 4.26. The lowest BCUT2D eigenvalue weighted by molar-refractivity contribution is 0.373. The third-order valence-corrected chi connectivity index (χ3v) is 4.80. The van der Waals surface area contributed by atoms with Gasteiger partial charge < -0.3 is 10.2 Å². The van der Waals surface area contributed by atoms with Gasteiger partial charge in [0.2, 0.25) is 5.95 Å². The number of aromatic nitrogens is 2. The standard InChI is InChI=1S/C22H26N4/c1-22(2,3)25-19-11-13-26(15-19)21-23-12-10-20(24-21)18-9-8-16-6-4-5-7-17(16)14-18/h4-10,12,14,19,25H,11,13,15H2,1-3H3. The summed E-state index contributed by atoms with van der Waals surface area (Å²) in [5.41, 5.74) is 2.25. The Kier molecular flexibility index (Phi) is 4.37. The number of anilines is 1. The molecule has 0 spiro atoms. The number of nitrogens with one attached hydrogen (secondary N) is 1. The lowest BCUT2D eigenvalue weighted by Gasteiger charge is -2.26. The average Bonchev–Trinajstić information content (AvgIpc) is 3.08. The molecule has 2 aromatic carbocycles. The molecule has 0 saturated carbocycles. The van der Waals surface area contributed by atoms with Crippen molar-refractivity contribution < 1.29 is 0 Å². The molecule has 1 atom stereocenters. The second-order valence-corrected chi connectivity index (χ2v) is 8.13. The van der Waals surface area contributed by atoms with Gasteiger partial charge in [0.05, 0.1) is 5.69 Å². The van der Waals surface area contributed by atoms with Crippen LogP contribution in [-0.4, -0.2) is 34.6 Å². The van der Waals surface area contributed by atoms with Gasteiger partial charge in [0.15, 0.2) is 0 Å². The van der Waals surface area contributed by atoms with Crippen LogP contribution in [0.15, 0.2) is 54.7 Å². The second-order valence-electron chi connectivity index (χ2n) is 8.13. The van der Waals surface area contributed by atoms with E-state index in [-0.39, 0.29) is 5.54 Å². The van der Waals surface area contributed by atoms with Gasteiger partial charge in [-0.05, 0) is 50.1 Å². The zero-order valence-electron chi connectivity index (χ0n) is 15.7. The monoisotopic (exact) mass is 346 g/mol. The second kappa shape index (κ2) is 6.69. The zero-order valence-corrected chi connectivity index (χ0v) is 15.7. The van der Waals surface area contributed by atoms with E-state index in [2.05, 4.69) is 78.4 Å². The minimum Gasteiger partial charge on any atom is -0.339 e. The summed E-state index contributed by atoms with van der Waals surface area (Å²) >= 11 is 0. The minimum absolute atomic E-state index is 0.133. The van der Waals surface area contributed by atoms with Gasteiger partial charge in [-0.15, -0.1) is 0 Å². The average molecular weight is 346 g/mol. The quantitative estimate of drug-likeness (QED) is 0.769. The summed E-state index contributed by atoms with van der Waals surface area (Å²) in [5.74, 6) is 0.828. The van der Waals surface area contributed by atoms with Gasteiger partial charge in [0, 0.05) is 36.4 Å². The van der Waals surface area contributed by atoms with Crippen LogP contribution in [-0.2, 0) is 0 Å². The van der Waals surface area contributed by atoms with Gasteiger partial charge in [0.25, 0.3) is 0 Å². The Morgan fingerprint density at radius 3 is 2.65 bits per heavy atom. The van der Waals surface area contributed by atoms with E-state index < -0.39 is 0 Å². The highest BCUT2D eigenvalue weighted by molar-refractivity contribution is 5.86. The highest BCUT2D eigenvalue weighted by atomic mass is 15.3. The third-order valence-electron chi connectivity index (χ3n) is 4.80. The van der Waals surface area contributed by atoms with Gasteiger partial charge in [-0.25, -0.2) is 9.97 Å². The Hall–Kier alpha value is -2.46. The van der Waals surface area contributed by atoms with Gasteiger partial charge in [-0.2, -0.15) is 0 Å². The minimum atomic E-state index is 0.133. The SMILES string of the molecule is CC(C)(C)NC1CCN(c2nccc(-c3ccc4ccccc4c3)n2)C1. The van der Waals surface area contributed by atoms with Crippen molar-refractivity contribution in [2.75, 3.05) is 18.0 Å². The zero-order chi connectivity index (χ0) is 18.1. The number of benzene rings is 2. The molecule has 4 heteroatoms. The van der Waals surface area contributed by atoms with Crippen LogP contribution < -0.4 is 10.2 Å². The Bertz CT molecular complexity index is 913. The Labute approximate surface area is 155 Å². The summed E-state index contributed by atoms with van der Waals surface area (Å²) in [6.07, 6.45) is 3.00. The molecule has 1 unspecified atom stereocenters. The van der Waals surface area contributed by atoms with Gasteiger partial charge in [0.1, 0.15) is 0 Å². The third kappa shape index (κ3) is 3.70. The molecule has 2 heterocycles. The number of fused-ring (bicyclic) bond motifs is 1. The largest absolute Gasteiger partial charge is 0.339 e. The molecule has 3 aromatic rings. The van der Waals surface area contributed by atoms with Crippen LogP contribution >= 0.6 is 0 Å². The van der Waals surface area contributed by atoms with E-state index in [0.29, 0.717) is 6.04 Å². The molecule has 1 saturated heterocycles. The fraction of sp³-hybridized carbons (Fsp3) is 0.364. The lowest BCUT2D eigenvalue weighted by Crippen LogP contribution is -2.45. The summed E-state index contributed by atoms with van der Waals surface area (Å²) < 4.78 is 0. The van der Waals surface area contributed by atoms with E-state index >= 15 is 0 Å². The van der Waals surface area contributed by atoms with Crippen LogP contribution in [0.4, 0.5) is 5.95 Å². The van der Waals surface area contributed by atoms with E-state index in [0.717, 1.165) is 36.7 Å². The van der Waals surface area contributed by atoms with Gasteiger partial charge in [-0.1, -0.05) is 36.4 Å². The number of rotatable bonds is 3. The first-order valence-electron chi connectivity index (χ1n) is 9.33. The molecule has 1 aromatic heterocycles. The fourth-order valence-corrected chi connectivity index (χ4v) is 3.68. The predicted molar refractivity (Wildman–Crippen MR) is 108 cm³/mol. The normalized spacial score (nSPS) is 17.8. The van der Waals surface area contributed by atoms with Crippen molar-refractivity contribution in [2.24, 2.45) is 0 Å². The molecule has 0 amide bonds. The fourth-order valence-electron chi connectivity index (χ4n) is 3.68. The lowest BCUT2D eigenvalue weighted by atomic mass is 10.1. The van der Waals surface area contributed by atoms with E-state index in [9.17, 15) is 0 Å². The van der Waals surface area contributed by atoms with Crippen molar-refractivity contribution in [3.05, 3.63) is 54.7 Å². The van der Waals surface area contributed by atoms with Crippen molar-refractivity contribution in [3.63, 3.8) is 0 Å². The molecule has 134 valence electrons. The first-order chi connectivity index (χ1) is 12.5. The molecule has 1 fully saturated rings. The molecule has 0 bridgehead atoms. The van der Waals surface area contributed by atoms with E-state index in [1.807, 2.05) is 12.3 Å². The van der Waals surface area contributed by atoms with Crippen LogP contribution in [0.3, 0.4) is 0 Å². The molecule has 26 heavy (non-hydrogen) atoms. The van der Waals surface area contributed by atoms with E-state index in [1.165, 1.54) is 10.8 Å². The highest BCUT2D eigenvalue weighted by Crippen LogP contribution is 2.25. The van der Waals surface area contributed by atoms with Crippen LogP contribution in [0.25, 0.3) is 22.0 Å². The number of nitrogens with zero attached hydrogens (tertiary/aromatic N) is 3. The summed E-state index contributed by atoms with van der Waals surface area (Å²) in [6, 6.07) is 17.4. The molecule has 1 aliphatic heterocycles. The van der Waals surface area contributed by atoms with Crippen molar-refractivity contribution >= 4 is 16.7 Å². The molecule has 4 nitrogen and oxygen atoms in total. The van der Waals surface area contributed by atoms with E-state index in [1.54, 1.807) is 0 Å². The molecular weight excluding hydrogens is 320 g/mol. The van der Waals surface area contributed by atoms with Gasteiger partial charge >= 0.3 is 0 Å². The Balaban J connectivity index is 1.57. The topological polar surface area (TPSA) is 41.0 Å². The van der Waals surface area contributed by atoms with Crippen molar-refractivity contribution in [2.45, 2.75) is 38.8 Å². The Morgan fingerprint density at radius 2 is 1.85 bits per heavy atom. The smallest absolute Gasteiger partial charge is 0.225 e. The van der Waals surface area contributed by atoms with Crippen LogP contribution in [0.2, 0.25) is 0 Å².